The van der Waals surface area contributed by atoms with Gasteiger partial charge in [0.25, 0.3) is 0 Å². The lowest BCUT2D eigenvalue weighted by Crippen LogP contribution is -2.43. The molecule has 0 radical (unpaired) electrons. The third-order valence-corrected chi connectivity index (χ3v) is 5.37. The van der Waals surface area contributed by atoms with Crippen LogP contribution in [0.5, 0.6) is 0 Å². The number of carbonyl (C=O) groups excluding carboxylic acids is 1. The predicted octanol–water partition coefficient (Wildman–Crippen LogP) is 0.775. The average molecular weight is 362 g/mol. The molecule has 1 spiro atoms. The second-order valence-corrected chi connectivity index (χ2v) is 7.19. The number of aromatic carboxylic acids is 1. The molecule has 2 aliphatic rings. The molecule has 2 aliphatic heterocycles. The number of aromatic nitrogens is 2. The van der Waals surface area contributed by atoms with E-state index in [1.165, 1.54) is 17.9 Å². The normalized spacial score (nSPS) is 21.8. The Balaban J connectivity index is 1.75. The zero-order chi connectivity index (χ0) is 19.1. The summed E-state index contributed by atoms with van der Waals surface area (Å²) in [5.74, 6) is -1.90. The summed E-state index contributed by atoms with van der Waals surface area (Å²) in [5, 5.41) is 18.6. The standard InChI is InChI=1S/C17H22N4O5/c1-10-7-12(14(23)24)19-16(18-10)20-5-3-17(4-6-20)8-13(15(25)26)21(9-17)11(2)22/h7,13H,3-6,8-9H2,1-2H3,(H,23,24)(H,25,26). The third-order valence-electron chi connectivity index (χ3n) is 5.37. The summed E-state index contributed by atoms with van der Waals surface area (Å²) in [6.07, 6.45) is 1.87. The number of carboxylic acids is 2. The molecule has 1 atom stereocenters. The number of likely N-dealkylation sites (tertiary alicyclic amines) is 1. The molecule has 0 aromatic carbocycles. The molecule has 1 aromatic heterocycles. The van der Waals surface area contributed by atoms with E-state index in [-0.39, 0.29) is 17.0 Å². The summed E-state index contributed by atoms with van der Waals surface area (Å²) in [5.41, 5.74) is 0.328. The Labute approximate surface area is 150 Å². The molecule has 3 rings (SSSR count). The topological polar surface area (TPSA) is 124 Å². The molecule has 9 nitrogen and oxygen atoms in total. The van der Waals surface area contributed by atoms with E-state index >= 15 is 0 Å². The van der Waals surface area contributed by atoms with Crippen molar-refractivity contribution in [2.24, 2.45) is 5.41 Å². The van der Waals surface area contributed by atoms with Gasteiger partial charge in [-0.25, -0.2) is 19.6 Å². The Bertz CT molecular complexity index is 734. The third kappa shape index (κ3) is 3.33. The van der Waals surface area contributed by atoms with Crippen LogP contribution in [0.1, 0.15) is 42.4 Å². The van der Waals surface area contributed by atoms with Gasteiger partial charge in [-0.1, -0.05) is 0 Å². The molecule has 0 saturated carbocycles. The Morgan fingerprint density at radius 1 is 1.19 bits per heavy atom. The zero-order valence-electron chi connectivity index (χ0n) is 14.8. The zero-order valence-corrected chi connectivity index (χ0v) is 14.8. The molecule has 3 heterocycles. The molecular formula is C17H22N4O5. The van der Waals surface area contributed by atoms with Crippen LogP contribution in [0, 0.1) is 12.3 Å². The van der Waals surface area contributed by atoms with E-state index in [1.807, 2.05) is 4.90 Å². The molecule has 2 fully saturated rings. The maximum absolute atomic E-state index is 11.8. The van der Waals surface area contributed by atoms with Gasteiger partial charge in [0.2, 0.25) is 11.9 Å². The smallest absolute Gasteiger partial charge is 0.354 e. The largest absolute Gasteiger partial charge is 0.480 e. The van der Waals surface area contributed by atoms with Crippen molar-refractivity contribution in [3.63, 3.8) is 0 Å². The molecule has 1 aromatic rings. The number of hydrogen-bond donors (Lipinski definition) is 2. The number of rotatable bonds is 3. The van der Waals surface area contributed by atoms with Crippen LogP contribution in [0.2, 0.25) is 0 Å². The minimum Gasteiger partial charge on any atom is -0.480 e. The van der Waals surface area contributed by atoms with Crippen LogP contribution < -0.4 is 4.90 Å². The number of anilines is 1. The van der Waals surface area contributed by atoms with Crippen LogP contribution in [0.3, 0.4) is 0 Å². The highest BCUT2D eigenvalue weighted by molar-refractivity contribution is 5.85. The number of piperidine rings is 1. The Morgan fingerprint density at radius 3 is 2.35 bits per heavy atom. The lowest BCUT2D eigenvalue weighted by atomic mass is 9.76. The van der Waals surface area contributed by atoms with Crippen LogP contribution in [-0.2, 0) is 9.59 Å². The van der Waals surface area contributed by atoms with Crippen LogP contribution in [0.15, 0.2) is 6.07 Å². The maximum Gasteiger partial charge on any atom is 0.354 e. The highest BCUT2D eigenvalue weighted by atomic mass is 16.4. The van der Waals surface area contributed by atoms with E-state index in [9.17, 15) is 19.5 Å². The summed E-state index contributed by atoms with van der Waals surface area (Å²) in [6.45, 7) is 4.77. The molecule has 1 unspecified atom stereocenters. The summed E-state index contributed by atoms with van der Waals surface area (Å²) < 4.78 is 0. The van der Waals surface area contributed by atoms with Gasteiger partial charge in [-0.2, -0.15) is 0 Å². The lowest BCUT2D eigenvalue weighted by molar-refractivity contribution is -0.147. The second-order valence-electron chi connectivity index (χ2n) is 7.19. The molecule has 1 amide bonds. The van der Waals surface area contributed by atoms with Crippen molar-refractivity contribution in [1.29, 1.82) is 0 Å². The minimum absolute atomic E-state index is 0.0395. The molecule has 2 N–H and O–H groups in total. The van der Waals surface area contributed by atoms with Gasteiger partial charge in [0.15, 0.2) is 5.69 Å². The van der Waals surface area contributed by atoms with Crippen LogP contribution in [0.4, 0.5) is 5.95 Å². The van der Waals surface area contributed by atoms with Crippen molar-refractivity contribution in [2.45, 2.75) is 39.2 Å². The second kappa shape index (κ2) is 6.54. The van der Waals surface area contributed by atoms with E-state index in [2.05, 4.69) is 9.97 Å². The van der Waals surface area contributed by atoms with Crippen molar-refractivity contribution < 1.29 is 24.6 Å². The molecule has 26 heavy (non-hydrogen) atoms. The first-order chi connectivity index (χ1) is 12.2. The number of aryl methyl sites for hydroxylation is 1. The van der Waals surface area contributed by atoms with Crippen molar-refractivity contribution in [1.82, 2.24) is 14.9 Å². The van der Waals surface area contributed by atoms with Crippen LogP contribution in [0.25, 0.3) is 0 Å². The van der Waals surface area contributed by atoms with E-state index in [1.54, 1.807) is 6.92 Å². The number of carbonyl (C=O) groups is 3. The van der Waals surface area contributed by atoms with Crippen LogP contribution >= 0.6 is 0 Å². The van der Waals surface area contributed by atoms with Gasteiger partial charge in [-0.05, 0) is 37.7 Å². The number of amides is 1. The van der Waals surface area contributed by atoms with E-state index in [4.69, 9.17) is 5.11 Å². The van der Waals surface area contributed by atoms with E-state index in [0.717, 1.165) is 0 Å². The van der Waals surface area contributed by atoms with Crippen LogP contribution in [-0.4, -0.2) is 68.6 Å². The monoisotopic (exact) mass is 362 g/mol. The SMILES string of the molecule is CC(=O)N1CC2(CCN(c3nc(C)cc(C(=O)O)n3)CC2)CC1C(=O)O. The average Bonchev–Trinajstić information content (AvgIpc) is 2.95. The number of nitrogens with zero attached hydrogens (tertiary/aromatic N) is 4. The van der Waals surface area contributed by atoms with Crippen molar-refractivity contribution >= 4 is 23.8 Å². The molecule has 0 aliphatic carbocycles. The molecule has 9 heteroatoms. The summed E-state index contributed by atoms with van der Waals surface area (Å²) >= 11 is 0. The first kappa shape index (κ1) is 18.1. The fraction of sp³-hybridized carbons (Fsp3) is 0.588. The number of hydrogen-bond acceptors (Lipinski definition) is 6. The fourth-order valence-corrected chi connectivity index (χ4v) is 3.96. The Hall–Kier alpha value is -2.71. The lowest BCUT2D eigenvalue weighted by Gasteiger charge is -2.39. The number of aliphatic carboxylic acids is 1. The summed E-state index contributed by atoms with van der Waals surface area (Å²) in [7, 11) is 0. The maximum atomic E-state index is 11.8. The first-order valence-electron chi connectivity index (χ1n) is 8.55. The quantitative estimate of drug-likeness (QED) is 0.808. The van der Waals surface area contributed by atoms with Gasteiger partial charge < -0.3 is 20.0 Å². The van der Waals surface area contributed by atoms with Gasteiger partial charge in [-0.3, -0.25) is 4.79 Å². The van der Waals surface area contributed by atoms with E-state index < -0.39 is 18.0 Å². The van der Waals surface area contributed by atoms with Crippen molar-refractivity contribution in [3.8, 4) is 0 Å². The van der Waals surface area contributed by atoms with Gasteiger partial charge >= 0.3 is 11.9 Å². The van der Waals surface area contributed by atoms with E-state index in [0.29, 0.717) is 50.5 Å². The molecule has 140 valence electrons. The number of carboxylic acid groups (broad SMARTS) is 2. The highest BCUT2D eigenvalue weighted by Gasteiger charge is 2.49. The summed E-state index contributed by atoms with van der Waals surface area (Å²) in [4.78, 5) is 46.3. The Morgan fingerprint density at radius 2 is 1.85 bits per heavy atom. The van der Waals surface area contributed by atoms with Crippen molar-refractivity contribution in [2.75, 3.05) is 24.5 Å². The highest BCUT2D eigenvalue weighted by Crippen LogP contribution is 2.43. The Kier molecular flexibility index (Phi) is 4.55. The van der Waals surface area contributed by atoms with Crippen molar-refractivity contribution in [3.05, 3.63) is 17.5 Å². The fourth-order valence-electron chi connectivity index (χ4n) is 3.96. The summed E-state index contributed by atoms with van der Waals surface area (Å²) in [6, 6.07) is 0.657. The molecular weight excluding hydrogens is 340 g/mol. The predicted molar refractivity (Wildman–Crippen MR) is 91.0 cm³/mol. The molecule has 0 bridgehead atoms. The van der Waals surface area contributed by atoms with Gasteiger partial charge in [0.05, 0.1) is 0 Å². The first-order valence-corrected chi connectivity index (χ1v) is 8.55. The van der Waals surface area contributed by atoms with Gasteiger partial charge in [-0.15, -0.1) is 0 Å². The molecule has 2 saturated heterocycles. The van der Waals surface area contributed by atoms with Gasteiger partial charge in [0.1, 0.15) is 6.04 Å². The van der Waals surface area contributed by atoms with Gasteiger partial charge in [0, 0.05) is 32.3 Å². The minimum atomic E-state index is -1.09.